The second kappa shape index (κ2) is 4.65. The highest BCUT2D eigenvalue weighted by atomic mass is 16.3. The van der Waals surface area contributed by atoms with Crippen molar-refractivity contribution in [2.24, 2.45) is 0 Å². The summed E-state index contributed by atoms with van der Waals surface area (Å²) in [5, 5.41) is 2.19. The molecule has 0 N–H and O–H groups in total. The van der Waals surface area contributed by atoms with Crippen LogP contribution in [0.15, 0.2) is 77.5 Å². The Bertz CT molecular complexity index is 1130. The van der Waals surface area contributed by atoms with Gasteiger partial charge in [0.2, 0.25) is 0 Å². The Morgan fingerprint density at radius 3 is 2.70 bits per heavy atom. The fourth-order valence-electron chi connectivity index (χ4n) is 3.07. The normalized spacial score (nSPS) is 11.5. The molecule has 0 unspecified atom stereocenters. The second-order valence-corrected chi connectivity index (χ2v) is 5.56. The number of fused-ring (bicyclic) bond motifs is 4. The van der Waals surface area contributed by atoms with E-state index in [-0.39, 0.29) is 0 Å². The summed E-state index contributed by atoms with van der Waals surface area (Å²) in [5.41, 5.74) is 5.71. The van der Waals surface area contributed by atoms with E-state index in [0.29, 0.717) is 0 Å². The molecular formula is C20H12N2O. The van der Waals surface area contributed by atoms with Crippen molar-refractivity contribution >= 4 is 21.9 Å². The first-order valence-corrected chi connectivity index (χ1v) is 7.51. The van der Waals surface area contributed by atoms with Gasteiger partial charge in [0.15, 0.2) is 0 Å². The molecule has 0 saturated carbocycles. The molecule has 108 valence electrons. The Hall–Kier alpha value is -3.20. The highest BCUT2D eigenvalue weighted by Crippen LogP contribution is 2.38. The average molecular weight is 296 g/mol. The number of rotatable bonds is 1. The van der Waals surface area contributed by atoms with Crippen LogP contribution in [0.4, 0.5) is 0 Å². The van der Waals surface area contributed by atoms with Crippen molar-refractivity contribution in [3.63, 3.8) is 0 Å². The standard InChI is InChI=1S/C20H12N2O/c1-3-7-16-13(5-1)9-10-17(22-16)20-19-14(11-21-20)12-23-18-8-4-2-6-15(18)19/h1-12H. The second-order valence-electron chi connectivity index (χ2n) is 5.56. The van der Waals surface area contributed by atoms with Gasteiger partial charge in [0, 0.05) is 28.1 Å². The minimum absolute atomic E-state index is 0.857. The smallest absolute Gasteiger partial charge is 0.134 e. The van der Waals surface area contributed by atoms with Gasteiger partial charge in [0.05, 0.1) is 16.9 Å². The molecule has 0 aliphatic carbocycles. The summed E-state index contributed by atoms with van der Waals surface area (Å²) in [6, 6.07) is 20.3. The van der Waals surface area contributed by atoms with E-state index in [1.165, 1.54) is 0 Å². The molecule has 2 aliphatic rings. The first kappa shape index (κ1) is 12.4. The van der Waals surface area contributed by atoms with E-state index in [2.05, 4.69) is 23.2 Å². The Kier molecular flexibility index (Phi) is 2.50. The monoisotopic (exact) mass is 296 g/mol. The Labute approximate surface area is 132 Å². The van der Waals surface area contributed by atoms with E-state index in [4.69, 9.17) is 9.40 Å². The number of para-hydroxylation sites is 2. The number of hydrogen-bond donors (Lipinski definition) is 0. The highest BCUT2D eigenvalue weighted by Gasteiger charge is 2.18. The van der Waals surface area contributed by atoms with Gasteiger partial charge in [-0.25, -0.2) is 4.98 Å². The zero-order valence-corrected chi connectivity index (χ0v) is 12.2. The fraction of sp³-hybridized carbons (Fsp3) is 0. The third kappa shape index (κ3) is 1.83. The Morgan fingerprint density at radius 1 is 0.826 bits per heavy atom. The Balaban J connectivity index is 1.83. The minimum atomic E-state index is 0.857. The van der Waals surface area contributed by atoms with E-state index in [1.54, 1.807) is 6.26 Å². The Morgan fingerprint density at radius 2 is 1.70 bits per heavy atom. The van der Waals surface area contributed by atoms with Crippen LogP contribution in [0.5, 0.6) is 0 Å². The SMILES string of the molecule is c1ccc2nc(-c3ncc4coc5ccccc5c3-4)ccc2c1. The van der Waals surface area contributed by atoms with Gasteiger partial charge < -0.3 is 4.42 Å². The fourth-order valence-corrected chi connectivity index (χ4v) is 3.07. The summed E-state index contributed by atoms with van der Waals surface area (Å²) in [7, 11) is 0. The van der Waals surface area contributed by atoms with Crippen LogP contribution in [-0.4, -0.2) is 9.97 Å². The molecule has 0 radical (unpaired) electrons. The molecule has 3 nitrogen and oxygen atoms in total. The molecule has 3 heterocycles. The number of aromatic nitrogens is 2. The van der Waals surface area contributed by atoms with Gasteiger partial charge in [-0.1, -0.05) is 42.5 Å². The van der Waals surface area contributed by atoms with Gasteiger partial charge in [-0.3, -0.25) is 4.98 Å². The lowest BCUT2D eigenvalue weighted by Gasteiger charge is -2.07. The number of pyridine rings is 1. The molecule has 3 aromatic rings. The van der Waals surface area contributed by atoms with Gasteiger partial charge in [-0.15, -0.1) is 0 Å². The maximum Gasteiger partial charge on any atom is 0.134 e. The predicted molar refractivity (Wildman–Crippen MR) is 91.4 cm³/mol. The number of benzene rings is 2. The van der Waals surface area contributed by atoms with Crippen molar-refractivity contribution in [2.45, 2.75) is 0 Å². The molecular weight excluding hydrogens is 284 g/mol. The van der Waals surface area contributed by atoms with E-state index >= 15 is 0 Å². The van der Waals surface area contributed by atoms with Gasteiger partial charge in [0.25, 0.3) is 0 Å². The van der Waals surface area contributed by atoms with Crippen LogP contribution in [0.2, 0.25) is 0 Å². The van der Waals surface area contributed by atoms with Crippen molar-refractivity contribution in [1.29, 1.82) is 0 Å². The topological polar surface area (TPSA) is 38.9 Å². The summed E-state index contributed by atoms with van der Waals surface area (Å²) >= 11 is 0. The van der Waals surface area contributed by atoms with Crippen LogP contribution in [-0.2, 0) is 0 Å². The summed E-state index contributed by atoms with van der Waals surface area (Å²) in [4.78, 5) is 9.38. The zero-order chi connectivity index (χ0) is 15.2. The molecule has 23 heavy (non-hydrogen) atoms. The van der Waals surface area contributed by atoms with Crippen LogP contribution in [0, 0.1) is 0 Å². The molecule has 5 rings (SSSR count). The van der Waals surface area contributed by atoms with Gasteiger partial charge in [0.1, 0.15) is 11.8 Å². The maximum atomic E-state index is 5.68. The number of nitrogens with zero attached hydrogens (tertiary/aromatic N) is 2. The lowest BCUT2D eigenvalue weighted by molar-refractivity contribution is 0.606. The predicted octanol–water partition coefficient (Wildman–Crippen LogP) is 5.15. The summed E-state index contributed by atoms with van der Waals surface area (Å²) in [5.74, 6) is 0. The van der Waals surface area contributed by atoms with E-state index in [1.807, 2.05) is 48.7 Å². The van der Waals surface area contributed by atoms with Gasteiger partial charge >= 0.3 is 0 Å². The first-order valence-electron chi connectivity index (χ1n) is 7.51. The molecule has 0 amide bonds. The van der Waals surface area contributed by atoms with Crippen molar-refractivity contribution in [1.82, 2.24) is 9.97 Å². The quantitative estimate of drug-likeness (QED) is 0.429. The molecule has 0 fully saturated rings. The van der Waals surface area contributed by atoms with Crippen molar-refractivity contribution in [3.8, 4) is 22.5 Å². The van der Waals surface area contributed by atoms with E-state index in [0.717, 1.165) is 44.4 Å². The van der Waals surface area contributed by atoms with Crippen LogP contribution in [0.1, 0.15) is 0 Å². The van der Waals surface area contributed by atoms with Crippen LogP contribution in [0.3, 0.4) is 0 Å². The largest absolute Gasteiger partial charge is 0.464 e. The lowest BCUT2D eigenvalue weighted by Crippen LogP contribution is -1.88. The first-order chi connectivity index (χ1) is 11.4. The number of hydrogen-bond acceptors (Lipinski definition) is 3. The summed E-state index contributed by atoms with van der Waals surface area (Å²) < 4.78 is 5.68. The van der Waals surface area contributed by atoms with Crippen LogP contribution < -0.4 is 0 Å². The molecule has 2 aromatic carbocycles. The average Bonchev–Trinajstić information content (AvgIpc) is 3.06. The molecule has 0 atom stereocenters. The molecule has 3 heteroatoms. The molecule has 0 spiro atoms. The lowest BCUT2D eigenvalue weighted by atomic mass is 10.0. The molecule has 0 bridgehead atoms. The van der Waals surface area contributed by atoms with Crippen molar-refractivity contribution in [2.75, 3.05) is 0 Å². The third-order valence-electron chi connectivity index (χ3n) is 4.17. The molecule has 1 aromatic heterocycles. The van der Waals surface area contributed by atoms with Crippen LogP contribution >= 0.6 is 0 Å². The van der Waals surface area contributed by atoms with E-state index in [9.17, 15) is 0 Å². The third-order valence-corrected chi connectivity index (χ3v) is 4.17. The van der Waals surface area contributed by atoms with Gasteiger partial charge in [-0.2, -0.15) is 0 Å². The van der Waals surface area contributed by atoms with Crippen molar-refractivity contribution < 1.29 is 4.42 Å². The highest BCUT2D eigenvalue weighted by molar-refractivity contribution is 6.01. The van der Waals surface area contributed by atoms with Crippen molar-refractivity contribution in [3.05, 3.63) is 73.1 Å². The summed E-state index contributed by atoms with van der Waals surface area (Å²) in [6.07, 6.45) is 3.60. The molecule has 0 saturated heterocycles. The maximum absolute atomic E-state index is 5.68. The zero-order valence-electron chi connectivity index (χ0n) is 12.2. The molecule has 2 aliphatic heterocycles. The van der Waals surface area contributed by atoms with Crippen LogP contribution in [0.25, 0.3) is 44.4 Å². The van der Waals surface area contributed by atoms with Gasteiger partial charge in [-0.05, 0) is 18.2 Å². The summed E-state index contributed by atoms with van der Waals surface area (Å²) in [6.45, 7) is 0. The minimum Gasteiger partial charge on any atom is -0.464 e. The van der Waals surface area contributed by atoms with E-state index < -0.39 is 0 Å².